The smallest absolute Gasteiger partial charge is 0.199 e. The quantitative estimate of drug-likeness (QED) is 0.690. The first kappa shape index (κ1) is 11.2. The van der Waals surface area contributed by atoms with Gasteiger partial charge in [-0.3, -0.25) is 0 Å². The van der Waals surface area contributed by atoms with Crippen LogP contribution < -0.4 is 5.73 Å². The third-order valence-electron chi connectivity index (χ3n) is 2.98. The molecule has 0 saturated heterocycles. The molecular weight excluding hydrogens is 242 g/mol. The van der Waals surface area contributed by atoms with Crippen molar-refractivity contribution in [3.63, 3.8) is 0 Å². The Bertz CT molecular complexity index is 688. The Morgan fingerprint density at radius 3 is 2.56 bits per heavy atom. The van der Waals surface area contributed by atoms with Crippen LogP contribution in [0.3, 0.4) is 0 Å². The Balaban J connectivity index is 2.30. The Morgan fingerprint density at radius 1 is 1.06 bits per heavy atom. The molecule has 90 valence electrons. The van der Waals surface area contributed by atoms with E-state index in [0.29, 0.717) is 5.88 Å². The van der Waals surface area contributed by atoms with Crippen LogP contribution in [0, 0.1) is 0 Å². The van der Waals surface area contributed by atoms with E-state index in [9.17, 15) is 0 Å². The molecule has 0 amide bonds. The molecule has 0 atom stereocenters. The molecule has 0 radical (unpaired) electrons. The van der Waals surface area contributed by atoms with Crippen molar-refractivity contribution in [1.29, 1.82) is 0 Å². The molecule has 0 fully saturated rings. The lowest BCUT2D eigenvalue weighted by Crippen LogP contribution is -1.84. The molecule has 1 heterocycles. The van der Waals surface area contributed by atoms with E-state index < -0.39 is 0 Å². The number of furan rings is 1. The number of anilines is 1. The van der Waals surface area contributed by atoms with Gasteiger partial charge in [-0.25, -0.2) is 0 Å². The minimum Gasteiger partial charge on any atom is -0.440 e. The van der Waals surface area contributed by atoms with Crippen LogP contribution in [0.25, 0.3) is 22.1 Å². The van der Waals surface area contributed by atoms with Gasteiger partial charge in [-0.15, -0.1) is 11.8 Å². The zero-order valence-corrected chi connectivity index (χ0v) is 10.8. The molecule has 0 saturated carbocycles. The van der Waals surface area contributed by atoms with Gasteiger partial charge in [-0.1, -0.05) is 30.3 Å². The molecule has 2 aromatic carbocycles. The lowest BCUT2D eigenvalue weighted by atomic mass is 10.0. The van der Waals surface area contributed by atoms with E-state index in [1.165, 1.54) is 4.90 Å². The summed E-state index contributed by atoms with van der Waals surface area (Å²) in [6.07, 6.45) is 2.06. The molecular formula is C15H13NOS. The molecule has 0 aliphatic heterocycles. The molecule has 3 heteroatoms. The molecule has 3 aromatic rings. The summed E-state index contributed by atoms with van der Waals surface area (Å²) < 4.78 is 5.62. The van der Waals surface area contributed by atoms with Crippen molar-refractivity contribution < 1.29 is 4.42 Å². The van der Waals surface area contributed by atoms with Crippen LogP contribution in [0.2, 0.25) is 0 Å². The van der Waals surface area contributed by atoms with Gasteiger partial charge in [0.2, 0.25) is 0 Å². The first-order chi connectivity index (χ1) is 8.79. The largest absolute Gasteiger partial charge is 0.440 e. The number of hydrogen-bond donors (Lipinski definition) is 1. The minimum atomic E-state index is 0.481. The van der Waals surface area contributed by atoms with Crippen molar-refractivity contribution in [3.8, 4) is 11.1 Å². The first-order valence-corrected chi connectivity index (χ1v) is 6.93. The standard InChI is InChI=1S/C15H13NOS/c1-18-11-7-8-13-12(9-11)14(15(16)17-13)10-5-3-2-4-6-10/h2-9H,16H2,1H3. The fraction of sp³-hybridized carbons (Fsp3) is 0.0667. The Labute approximate surface area is 110 Å². The number of benzene rings is 2. The lowest BCUT2D eigenvalue weighted by Gasteiger charge is -2.00. The molecule has 3 rings (SSSR count). The second kappa shape index (κ2) is 4.42. The van der Waals surface area contributed by atoms with Crippen LogP contribution in [0.4, 0.5) is 5.88 Å². The SMILES string of the molecule is CSc1ccc2oc(N)c(-c3ccccc3)c2c1. The van der Waals surface area contributed by atoms with Gasteiger partial charge in [0.1, 0.15) is 5.58 Å². The van der Waals surface area contributed by atoms with Crippen molar-refractivity contribution >= 4 is 28.6 Å². The van der Waals surface area contributed by atoms with Gasteiger partial charge < -0.3 is 10.2 Å². The summed E-state index contributed by atoms with van der Waals surface area (Å²) in [5, 5.41) is 1.07. The molecule has 0 spiro atoms. The molecule has 2 nitrogen and oxygen atoms in total. The highest BCUT2D eigenvalue weighted by atomic mass is 32.2. The van der Waals surface area contributed by atoms with E-state index >= 15 is 0 Å². The molecule has 1 aromatic heterocycles. The average molecular weight is 255 g/mol. The van der Waals surface area contributed by atoms with Crippen molar-refractivity contribution in [3.05, 3.63) is 48.5 Å². The fourth-order valence-electron chi connectivity index (χ4n) is 2.13. The van der Waals surface area contributed by atoms with E-state index in [1.54, 1.807) is 11.8 Å². The van der Waals surface area contributed by atoms with E-state index in [4.69, 9.17) is 10.2 Å². The average Bonchev–Trinajstić information content (AvgIpc) is 2.74. The van der Waals surface area contributed by atoms with Gasteiger partial charge in [0.05, 0.1) is 5.56 Å². The predicted molar refractivity (Wildman–Crippen MR) is 77.8 cm³/mol. The molecule has 0 aliphatic rings. The van der Waals surface area contributed by atoms with Crippen molar-refractivity contribution in [2.75, 3.05) is 12.0 Å². The number of nitrogen functional groups attached to an aromatic ring is 1. The number of rotatable bonds is 2. The summed E-state index contributed by atoms with van der Waals surface area (Å²) in [6.45, 7) is 0. The summed E-state index contributed by atoms with van der Waals surface area (Å²) in [6, 6.07) is 16.3. The number of nitrogens with two attached hydrogens (primary N) is 1. The van der Waals surface area contributed by atoms with E-state index in [2.05, 4.69) is 12.3 Å². The van der Waals surface area contributed by atoms with Gasteiger partial charge in [-0.05, 0) is 30.0 Å². The maximum Gasteiger partial charge on any atom is 0.199 e. The lowest BCUT2D eigenvalue weighted by molar-refractivity contribution is 0.638. The maximum absolute atomic E-state index is 6.00. The number of thioether (sulfide) groups is 1. The van der Waals surface area contributed by atoms with Crippen molar-refractivity contribution in [1.82, 2.24) is 0 Å². The Kier molecular flexibility index (Phi) is 2.76. The van der Waals surface area contributed by atoms with Crippen molar-refractivity contribution in [2.45, 2.75) is 4.90 Å². The highest BCUT2D eigenvalue weighted by Crippen LogP contribution is 2.38. The monoisotopic (exact) mass is 255 g/mol. The first-order valence-electron chi connectivity index (χ1n) is 5.71. The summed E-state index contributed by atoms with van der Waals surface area (Å²) in [5.74, 6) is 0.481. The van der Waals surface area contributed by atoms with Gasteiger partial charge >= 0.3 is 0 Å². The molecule has 0 unspecified atom stereocenters. The second-order valence-electron chi connectivity index (χ2n) is 4.07. The Morgan fingerprint density at radius 2 is 1.83 bits per heavy atom. The highest BCUT2D eigenvalue weighted by molar-refractivity contribution is 7.98. The Hall–Kier alpha value is -1.87. The summed E-state index contributed by atoms with van der Waals surface area (Å²) in [4.78, 5) is 1.21. The predicted octanol–water partition coefficient (Wildman–Crippen LogP) is 4.40. The zero-order valence-electron chi connectivity index (χ0n) is 10.0. The second-order valence-corrected chi connectivity index (χ2v) is 4.95. The van der Waals surface area contributed by atoms with Gasteiger partial charge in [0.25, 0.3) is 0 Å². The zero-order chi connectivity index (χ0) is 12.5. The topological polar surface area (TPSA) is 39.2 Å². The third-order valence-corrected chi connectivity index (χ3v) is 3.71. The van der Waals surface area contributed by atoms with Crippen LogP contribution >= 0.6 is 11.8 Å². The molecule has 0 bridgehead atoms. The molecule has 18 heavy (non-hydrogen) atoms. The van der Waals surface area contributed by atoms with Gasteiger partial charge in [0.15, 0.2) is 5.88 Å². The van der Waals surface area contributed by atoms with Gasteiger partial charge in [0, 0.05) is 10.3 Å². The fourth-order valence-corrected chi connectivity index (χ4v) is 2.57. The van der Waals surface area contributed by atoms with Crippen LogP contribution in [0.5, 0.6) is 0 Å². The summed E-state index contributed by atoms with van der Waals surface area (Å²) in [7, 11) is 0. The summed E-state index contributed by atoms with van der Waals surface area (Å²) >= 11 is 1.71. The molecule has 2 N–H and O–H groups in total. The molecule has 0 aliphatic carbocycles. The highest BCUT2D eigenvalue weighted by Gasteiger charge is 2.13. The minimum absolute atomic E-state index is 0.481. The normalized spacial score (nSPS) is 10.9. The van der Waals surface area contributed by atoms with E-state index in [-0.39, 0.29) is 0 Å². The van der Waals surface area contributed by atoms with Crippen LogP contribution in [-0.4, -0.2) is 6.26 Å². The van der Waals surface area contributed by atoms with E-state index in [0.717, 1.165) is 22.1 Å². The van der Waals surface area contributed by atoms with Crippen molar-refractivity contribution in [2.24, 2.45) is 0 Å². The van der Waals surface area contributed by atoms with Crippen LogP contribution in [0.15, 0.2) is 57.8 Å². The number of fused-ring (bicyclic) bond motifs is 1. The summed E-state index contributed by atoms with van der Waals surface area (Å²) in [5.41, 5.74) is 8.92. The van der Waals surface area contributed by atoms with E-state index in [1.807, 2.05) is 42.5 Å². The number of hydrogen-bond acceptors (Lipinski definition) is 3. The van der Waals surface area contributed by atoms with Crippen LogP contribution in [0.1, 0.15) is 0 Å². The van der Waals surface area contributed by atoms with Gasteiger partial charge in [-0.2, -0.15) is 0 Å². The van der Waals surface area contributed by atoms with Crippen LogP contribution in [-0.2, 0) is 0 Å². The third kappa shape index (κ3) is 1.77. The maximum atomic E-state index is 6.00.